The van der Waals surface area contributed by atoms with E-state index in [2.05, 4.69) is 0 Å². The van der Waals surface area contributed by atoms with E-state index < -0.39 is 5.91 Å². The van der Waals surface area contributed by atoms with E-state index in [-0.39, 0.29) is 5.75 Å². The third-order valence-corrected chi connectivity index (χ3v) is 2.11. The molecular formula is C11H9NO2. The molecule has 0 unspecified atom stereocenters. The van der Waals surface area contributed by atoms with Crippen molar-refractivity contribution in [3.63, 3.8) is 0 Å². The SMILES string of the molecule is NC(=O)c1ccc2ccc(O)cc2c1. The second kappa shape index (κ2) is 3.03. The number of carbonyl (C=O) groups is 1. The minimum Gasteiger partial charge on any atom is -0.508 e. The first kappa shape index (κ1) is 8.56. The van der Waals surface area contributed by atoms with Gasteiger partial charge in [0.1, 0.15) is 5.75 Å². The predicted molar refractivity (Wildman–Crippen MR) is 54.1 cm³/mol. The summed E-state index contributed by atoms with van der Waals surface area (Å²) >= 11 is 0. The molecule has 0 aromatic heterocycles. The van der Waals surface area contributed by atoms with Crippen molar-refractivity contribution in [3.05, 3.63) is 42.0 Å². The van der Waals surface area contributed by atoms with E-state index in [1.54, 1.807) is 36.4 Å². The topological polar surface area (TPSA) is 63.3 Å². The number of hydrogen-bond acceptors (Lipinski definition) is 2. The van der Waals surface area contributed by atoms with Crippen molar-refractivity contribution in [1.82, 2.24) is 0 Å². The van der Waals surface area contributed by atoms with E-state index in [1.807, 2.05) is 0 Å². The maximum Gasteiger partial charge on any atom is 0.248 e. The zero-order valence-electron chi connectivity index (χ0n) is 7.40. The number of carbonyl (C=O) groups excluding carboxylic acids is 1. The zero-order valence-corrected chi connectivity index (χ0v) is 7.40. The molecular weight excluding hydrogens is 178 g/mol. The lowest BCUT2D eigenvalue weighted by molar-refractivity contribution is 0.100. The van der Waals surface area contributed by atoms with Gasteiger partial charge in [0, 0.05) is 5.56 Å². The Morgan fingerprint density at radius 3 is 2.50 bits per heavy atom. The summed E-state index contributed by atoms with van der Waals surface area (Å²) in [5.41, 5.74) is 5.59. The zero-order chi connectivity index (χ0) is 10.1. The van der Waals surface area contributed by atoms with Crippen molar-refractivity contribution < 1.29 is 9.90 Å². The van der Waals surface area contributed by atoms with E-state index in [1.165, 1.54) is 0 Å². The van der Waals surface area contributed by atoms with Crippen LogP contribution in [-0.4, -0.2) is 11.0 Å². The van der Waals surface area contributed by atoms with Crippen LogP contribution in [-0.2, 0) is 0 Å². The number of primary amides is 1. The molecule has 2 aromatic carbocycles. The number of phenolic OH excluding ortho intramolecular Hbond substituents is 1. The number of hydrogen-bond donors (Lipinski definition) is 2. The Bertz CT molecular complexity index is 506. The molecule has 0 spiro atoms. The maximum absolute atomic E-state index is 10.9. The molecule has 2 aromatic rings. The lowest BCUT2D eigenvalue weighted by Gasteiger charge is -2.00. The van der Waals surface area contributed by atoms with E-state index in [4.69, 9.17) is 5.73 Å². The van der Waals surface area contributed by atoms with Crippen molar-refractivity contribution in [2.45, 2.75) is 0 Å². The van der Waals surface area contributed by atoms with Gasteiger partial charge in [-0.25, -0.2) is 0 Å². The molecule has 0 radical (unpaired) electrons. The summed E-state index contributed by atoms with van der Waals surface area (Å²) in [6.45, 7) is 0. The van der Waals surface area contributed by atoms with Crippen LogP contribution >= 0.6 is 0 Å². The highest BCUT2D eigenvalue weighted by Crippen LogP contribution is 2.20. The average Bonchev–Trinajstić information content (AvgIpc) is 2.16. The Morgan fingerprint density at radius 1 is 1.07 bits per heavy atom. The van der Waals surface area contributed by atoms with Gasteiger partial charge >= 0.3 is 0 Å². The number of rotatable bonds is 1. The minimum atomic E-state index is -0.463. The number of phenols is 1. The standard InChI is InChI=1S/C11H9NO2/c12-11(14)8-2-1-7-3-4-10(13)6-9(7)5-8/h1-6,13H,(H2,12,14). The maximum atomic E-state index is 10.9. The fourth-order valence-corrected chi connectivity index (χ4v) is 1.39. The Kier molecular flexibility index (Phi) is 1.85. The first-order valence-electron chi connectivity index (χ1n) is 4.19. The van der Waals surface area contributed by atoms with Gasteiger partial charge in [0.05, 0.1) is 0 Å². The highest BCUT2D eigenvalue weighted by molar-refractivity contribution is 5.97. The molecule has 0 fully saturated rings. The van der Waals surface area contributed by atoms with Crippen LogP contribution in [0.3, 0.4) is 0 Å². The molecule has 14 heavy (non-hydrogen) atoms. The lowest BCUT2D eigenvalue weighted by atomic mass is 10.1. The van der Waals surface area contributed by atoms with Crippen LogP contribution in [0.15, 0.2) is 36.4 Å². The normalized spacial score (nSPS) is 10.3. The molecule has 0 aliphatic carbocycles. The Morgan fingerprint density at radius 2 is 1.79 bits per heavy atom. The summed E-state index contributed by atoms with van der Waals surface area (Å²) in [4.78, 5) is 10.9. The molecule has 0 bridgehead atoms. The first-order chi connectivity index (χ1) is 6.66. The Balaban J connectivity index is 2.69. The van der Waals surface area contributed by atoms with Gasteiger partial charge in [0.15, 0.2) is 0 Å². The molecule has 0 saturated carbocycles. The van der Waals surface area contributed by atoms with E-state index in [9.17, 15) is 9.90 Å². The van der Waals surface area contributed by atoms with Crippen molar-refractivity contribution in [3.8, 4) is 5.75 Å². The second-order valence-electron chi connectivity index (χ2n) is 3.11. The summed E-state index contributed by atoms with van der Waals surface area (Å²) in [6, 6.07) is 10.1. The van der Waals surface area contributed by atoms with Gasteiger partial charge in [0.25, 0.3) is 0 Å². The second-order valence-corrected chi connectivity index (χ2v) is 3.11. The number of amides is 1. The van der Waals surface area contributed by atoms with Gasteiger partial charge in [-0.1, -0.05) is 12.1 Å². The summed E-state index contributed by atoms with van der Waals surface area (Å²) in [7, 11) is 0. The minimum absolute atomic E-state index is 0.180. The molecule has 0 aliphatic rings. The van der Waals surface area contributed by atoms with Crippen molar-refractivity contribution in [2.75, 3.05) is 0 Å². The summed E-state index contributed by atoms with van der Waals surface area (Å²) in [5, 5.41) is 11.0. The third kappa shape index (κ3) is 1.40. The van der Waals surface area contributed by atoms with Crippen LogP contribution in [0, 0.1) is 0 Å². The van der Waals surface area contributed by atoms with Crippen molar-refractivity contribution in [1.29, 1.82) is 0 Å². The molecule has 0 heterocycles. The van der Waals surface area contributed by atoms with E-state index in [0.717, 1.165) is 10.8 Å². The third-order valence-electron chi connectivity index (χ3n) is 2.11. The summed E-state index contributed by atoms with van der Waals surface area (Å²) in [6.07, 6.45) is 0. The number of nitrogens with two attached hydrogens (primary N) is 1. The fourth-order valence-electron chi connectivity index (χ4n) is 1.39. The van der Waals surface area contributed by atoms with Crippen LogP contribution in [0.5, 0.6) is 5.75 Å². The summed E-state index contributed by atoms with van der Waals surface area (Å²) < 4.78 is 0. The van der Waals surface area contributed by atoms with Gasteiger partial charge in [-0.2, -0.15) is 0 Å². The predicted octanol–water partition coefficient (Wildman–Crippen LogP) is 1.64. The monoisotopic (exact) mass is 187 g/mol. The molecule has 1 amide bonds. The molecule has 0 atom stereocenters. The van der Waals surface area contributed by atoms with Crippen LogP contribution in [0.1, 0.15) is 10.4 Å². The number of aromatic hydroxyl groups is 1. The molecule has 3 nitrogen and oxygen atoms in total. The van der Waals surface area contributed by atoms with E-state index in [0.29, 0.717) is 5.56 Å². The fraction of sp³-hybridized carbons (Fsp3) is 0. The van der Waals surface area contributed by atoms with Crippen LogP contribution in [0.4, 0.5) is 0 Å². The Hall–Kier alpha value is -2.03. The average molecular weight is 187 g/mol. The van der Waals surface area contributed by atoms with Crippen molar-refractivity contribution in [2.24, 2.45) is 5.73 Å². The molecule has 3 heteroatoms. The van der Waals surface area contributed by atoms with Crippen LogP contribution < -0.4 is 5.73 Å². The largest absolute Gasteiger partial charge is 0.508 e. The van der Waals surface area contributed by atoms with Gasteiger partial charge in [-0.3, -0.25) is 4.79 Å². The van der Waals surface area contributed by atoms with Gasteiger partial charge in [-0.05, 0) is 35.0 Å². The number of benzene rings is 2. The lowest BCUT2D eigenvalue weighted by Crippen LogP contribution is -2.10. The van der Waals surface area contributed by atoms with Crippen LogP contribution in [0.2, 0.25) is 0 Å². The molecule has 0 aliphatic heterocycles. The smallest absolute Gasteiger partial charge is 0.248 e. The van der Waals surface area contributed by atoms with Crippen molar-refractivity contribution >= 4 is 16.7 Å². The molecule has 70 valence electrons. The highest BCUT2D eigenvalue weighted by Gasteiger charge is 2.01. The van der Waals surface area contributed by atoms with Gasteiger partial charge in [0.2, 0.25) is 5.91 Å². The molecule has 2 rings (SSSR count). The summed E-state index contributed by atoms with van der Waals surface area (Å²) in [5.74, 6) is -0.283. The number of fused-ring (bicyclic) bond motifs is 1. The molecule has 0 saturated heterocycles. The first-order valence-corrected chi connectivity index (χ1v) is 4.19. The quantitative estimate of drug-likeness (QED) is 0.712. The van der Waals surface area contributed by atoms with Gasteiger partial charge in [-0.15, -0.1) is 0 Å². The highest BCUT2D eigenvalue weighted by atomic mass is 16.3. The van der Waals surface area contributed by atoms with E-state index >= 15 is 0 Å². The van der Waals surface area contributed by atoms with Crippen LogP contribution in [0.25, 0.3) is 10.8 Å². The van der Waals surface area contributed by atoms with Gasteiger partial charge < -0.3 is 10.8 Å². The Labute approximate surface area is 80.8 Å². The molecule has 3 N–H and O–H groups in total.